The van der Waals surface area contributed by atoms with E-state index in [4.69, 9.17) is 4.84 Å². The molecule has 0 radical (unpaired) electrons. The van der Waals surface area contributed by atoms with E-state index in [-0.39, 0.29) is 0 Å². The third-order valence-electron chi connectivity index (χ3n) is 3.75. The van der Waals surface area contributed by atoms with Crippen LogP contribution in [0.3, 0.4) is 0 Å². The summed E-state index contributed by atoms with van der Waals surface area (Å²) in [5.74, 6) is 0. The Labute approximate surface area is 118 Å². The molecule has 1 aromatic heterocycles. The normalized spacial score (nSPS) is 17.6. The van der Waals surface area contributed by atoms with Crippen molar-refractivity contribution in [2.45, 2.75) is 6.42 Å². The van der Waals surface area contributed by atoms with Crippen LogP contribution in [0.2, 0.25) is 0 Å². The van der Waals surface area contributed by atoms with Gasteiger partial charge in [0.2, 0.25) is 0 Å². The summed E-state index contributed by atoms with van der Waals surface area (Å²) in [7, 11) is 2.18. The van der Waals surface area contributed by atoms with Crippen LogP contribution in [0.4, 0.5) is 0 Å². The summed E-state index contributed by atoms with van der Waals surface area (Å²) < 4.78 is 0. The third kappa shape index (κ3) is 3.08. The van der Waals surface area contributed by atoms with Crippen molar-refractivity contribution in [3.8, 4) is 0 Å². The lowest BCUT2D eigenvalue weighted by molar-refractivity contribution is 0.0735. The summed E-state index contributed by atoms with van der Waals surface area (Å²) in [5, 5.41) is 8.08. The summed E-state index contributed by atoms with van der Waals surface area (Å²) in [5.41, 5.74) is 1.79. The average Bonchev–Trinajstić information content (AvgIpc) is 2.89. The number of rotatable bonds is 5. The highest BCUT2D eigenvalue weighted by atomic mass is 16.7. The van der Waals surface area contributed by atoms with Gasteiger partial charge in [0, 0.05) is 32.7 Å². The second-order valence-electron chi connectivity index (χ2n) is 5.28. The first kappa shape index (κ1) is 13.3. The van der Waals surface area contributed by atoms with Crippen molar-refractivity contribution in [3.05, 3.63) is 24.3 Å². The van der Waals surface area contributed by atoms with Crippen molar-refractivity contribution >= 4 is 11.0 Å². The summed E-state index contributed by atoms with van der Waals surface area (Å²) in [4.78, 5) is 12.1. The van der Waals surface area contributed by atoms with Crippen LogP contribution >= 0.6 is 0 Å². The van der Waals surface area contributed by atoms with Gasteiger partial charge in [0.15, 0.2) is 0 Å². The Hall–Kier alpha value is -1.66. The van der Waals surface area contributed by atoms with Crippen LogP contribution in [0.5, 0.6) is 0 Å². The van der Waals surface area contributed by atoms with Crippen molar-refractivity contribution in [3.63, 3.8) is 0 Å². The van der Waals surface area contributed by atoms with Gasteiger partial charge in [0.05, 0.1) is 0 Å². The van der Waals surface area contributed by atoms with Gasteiger partial charge in [0.25, 0.3) is 0 Å². The molecule has 2 heterocycles. The molecule has 1 aliphatic rings. The molecule has 1 aromatic carbocycles. The standard InChI is InChI=1S/C14H21N5O/c1-17-8-10-18(11-9-17)7-4-12-20-19-14-6-3-2-5-13(14)15-16-19/h2-3,5-6H,4,7-12H2,1H3. The molecule has 0 N–H and O–H groups in total. The van der Waals surface area contributed by atoms with Crippen molar-refractivity contribution < 1.29 is 4.84 Å². The zero-order valence-corrected chi connectivity index (χ0v) is 11.9. The maximum absolute atomic E-state index is 5.68. The van der Waals surface area contributed by atoms with Gasteiger partial charge in [-0.3, -0.25) is 0 Å². The number of likely N-dealkylation sites (N-methyl/N-ethyl adjacent to an activating group) is 1. The third-order valence-corrected chi connectivity index (χ3v) is 3.75. The topological polar surface area (TPSA) is 46.4 Å². The number of para-hydroxylation sites is 1. The molecule has 0 saturated carbocycles. The molecule has 0 spiro atoms. The monoisotopic (exact) mass is 275 g/mol. The molecule has 0 atom stereocenters. The Morgan fingerprint density at radius 3 is 2.80 bits per heavy atom. The van der Waals surface area contributed by atoms with Gasteiger partial charge in [-0.15, -0.1) is 5.10 Å². The molecule has 1 aliphatic heterocycles. The second-order valence-corrected chi connectivity index (χ2v) is 5.28. The Bertz CT molecular complexity index is 547. The van der Waals surface area contributed by atoms with Gasteiger partial charge in [-0.05, 0) is 30.8 Å². The van der Waals surface area contributed by atoms with Crippen LogP contribution < -0.4 is 4.84 Å². The molecule has 1 saturated heterocycles. The van der Waals surface area contributed by atoms with Gasteiger partial charge in [0.1, 0.15) is 17.6 Å². The Morgan fingerprint density at radius 2 is 1.95 bits per heavy atom. The number of hydrogen-bond donors (Lipinski definition) is 0. The van der Waals surface area contributed by atoms with E-state index in [9.17, 15) is 0 Å². The van der Waals surface area contributed by atoms with Crippen molar-refractivity contribution in [1.82, 2.24) is 25.0 Å². The molecule has 6 nitrogen and oxygen atoms in total. The number of hydrogen-bond acceptors (Lipinski definition) is 5. The molecule has 0 aliphatic carbocycles. The minimum atomic E-state index is 0.666. The van der Waals surface area contributed by atoms with Crippen LogP contribution in [0.15, 0.2) is 24.3 Å². The number of piperazine rings is 1. The lowest BCUT2D eigenvalue weighted by atomic mass is 10.3. The smallest absolute Gasteiger partial charge is 0.130 e. The predicted molar refractivity (Wildman–Crippen MR) is 77.5 cm³/mol. The minimum Gasteiger partial charge on any atom is -0.395 e. The fourth-order valence-electron chi connectivity index (χ4n) is 2.45. The highest BCUT2D eigenvalue weighted by Gasteiger charge is 2.13. The number of benzene rings is 1. The van der Waals surface area contributed by atoms with Gasteiger partial charge < -0.3 is 14.6 Å². The van der Waals surface area contributed by atoms with E-state index < -0.39 is 0 Å². The molecule has 6 heteroatoms. The molecular weight excluding hydrogens is 254 g/mol. The van der Waals surface area contributed by atoms with Gasteiger partial charge in [-0.1, -0.05) is 17.0 Å². The molecule has 0 bridgehead atoms. The molecule has 1 fully saturated rings. The van der Waals surface area contributed by atoms with E-state index in [1.807, 2.05) is 24.3 Å². The number of nitrogens with zero attached hydrogens (tertiary/aromatic N) is 5. The molecule has 0 unspecified atom stereocenters. The van der Waals surface area contributed by atoms with Crippen molar-refractivity contribution in [2.75, 3.05) is 46.4 Å². The highest BCUT2D eigenvalue weighted by Crippen LogP contribution is 2.08. The Morgan fingerprint density at radius 1 is 1.15 bits per heavy atom. The van der Waals surface area contributed by atoms with Gasteiger partial charge in [-0.25, -0.2) is 0 Å². The van der Waals surface area contributed by atoms with Crippen LogP contribution in [-0.2, 0) is 0 Å². The van der Waals surface area contributed by atoms with Crippen LogP contribution in [0, 0.1) is 0 Å². The summed E-state index contributed by atoms with van der Waals surface area (Å²) in [6.07, 6.45) is 1.01. The quantitative estimate of drug-likeness (QED) is 0.744. The maximum atomic E-state index is 5.68. The summed E-state index contributed by atoms with van der Waals surface area (Å²) >= 11 is 0. The van der Waals surface area contributed by atoms with Gasteiger partial charge in [-0.2, -0.15) is 0 Å². The fourth-order valence-corrected chi connectivity index (χ4v) is 2.45. The van der Waals surface area contributed by atoms with E-state index >= 15 is 0 Å². The van der Waals surface area contributed by atoms with E-state index in [2.05, 4.69) is 27.2 Å². The summed E-state index contributed by atoms with van der Waals surface area (Å²) in [6.45, 7) is 6.38. The van der Waals surface area contributed by atoms with E-state index in [0.717, 1.165) is 50.2 Å². The number of aromatic nitrogens is 3. The maximum Gasteiger partial charge on any atom is 0.130 e. The Balaban J connectivity index is 1.44. The zero-order chi connectivity index (χ0) is 13.8. The SMILES string of the molecule is CN1CCN(CCCOn2nnc3ccccc32)CC1. The molecule has 0 amide bonds. The first-order chi connectivity index (χ1) is 9.83. The first-order valence-electron chi connectivity index (χ1n) is 7.17. The van der Waals surface area contributed by atoms with Crippen molar-refractivity contribution in [1.29, 1.82) is 0 Å². The molecular formula is C14H21N5O. The predicted octanol–water partition coefficient (Wildman–Crippen LogP) is 0.497. The minimum absolute atomic E-state index is 0.666. The highest BCUT2D eigenvalue weighted by molar-refractivity contribution is 5.73. The van der Waals surface area contributed by atoms with Crippen molar-refractivity contribution in [2.24, 2.45) is 0 Å². The second kappa shape index (κ2) is 6.19. The van der Waals surface area contributed by atoms with E-state index in [1.54, 1.807) is 0 Å². The fraction of sp³-hybridized carbons (Fsp3) is 0.571. The number of fused-ring (bicyclic) bond motifs is 1. The Kier molecular flexibility index (Phi) is 4.13. The first-order valence-corrected chi connectivity index (χ1v) is 7.17. The molecule has 2 aromatic rings. The van der Waals surface area contributed by atoms with E-state index in [0.29, 0.717) is 6.61 Å². The summed E-state index contributed by atoms with van der Waals surface area (Å²) in [6, 6.07) is 7.83. The zero-order valence-electron chi connectivity index (χ0n) is 11.9. The van der Waals surface area contributed by atoms with Crippen LogP contribution in [0.1, 0.15) is 6.42 Å². The molecule has 3 rings (SSSR count). The molecule has 108 valence electrons. The largest absolute Gasteiger partial charge is 0.395 e. The molecule has 20 heavy (non-hydrogen) atoms. The van der Waals surface area contributed by atoms with Crippen LogP contribution in [-0.4, -0.2) is 71.3 Å². The lowest BCUT2D eigenvalue weighted by Gasteiger charge is -2.32. The average molecular weight is 275 g/mol. The lowest BCUT2D eigenvalue weighted by Crippen LogP contribution is -2.44. The van der Waals surface area contributed by atoms with E-state index in [1.165, 1.54) is 4.85 Å². The van der Waals surface area contributed by atoms with Gasteiger partial charge >= 0.3 is 0 Å². The van der Waals surface area contributed by atoms with Crippen LogP contribution in [0.25, 0.3) is 11.0 Å².